The van der Waals surface area contributed by atoms with Gasteiger partial charge in [0, 0.05) is 20.1 Å². The predicted octanol–water partition coefficient (Wildman–Crippen LogP) is 2.70. The Balaban J connectivity index is 2.77. The topological polar surface area (TPSA) is 61.4 Å². The normalized spacial score (nSPS) is 11.6. The lowest BCUT2D eigenvalue weighted by Gasteiger charge is -2.17. The third-order valence-electron chi connectivity index (χ3n) is 2.91. The number of amides is 3. The fraction of sp³-hybridized carbons (Fsp3) is 0.467. The number of rotatable bonds is 5. The molecule has 0 heterocycles. The summed E-state index contributed by atoms with van der Waals surface area (Å²) in [6.07, 6.45) is 1.93. The molecule has 1 aromatic rings. The van der Waals surface area contributed by atoms with E-state index in [0.29, 0.717) is 11.3 Å². The van der Waals surface area contributed by atoms with Crippen LogP contribution in [0.15, 0.2) is 24.3 Å². The highest BCUT2D eigenvalue weighted by atomic mass is 16.2. The molecule has 110 valence electrons. The van der Waals surface area contributed by atoms with Crippen LogP contribution in [-0.2, 0) is 0 Å². The molecule has 0 aromatic heterocycles. The molecule has 0 unspecified atom stereocenters. The average Bonchev–Trinajstić information content (AvgIpc) is 2.38. The number of carbonyl (C=O) groups is 2. The van der Waals surface area contributed by atoms with E-state index >= 15 is 0 Å². The lowest BCUT2D eigenvalue weighted by Crippen LogP contribution is -2.36. The Hall–Kier alpha value is -2.04. The molecule has 0 saturated carbocycles. The highest BCUT2D eigenvalue weighted by Gasteiger charge is 2.15. The van der Waals surface area contributed by atoms with Crippen molar-refractivity contribution in [3.05, 3.63) is 29.8 Å². The molecular formula is C15H23N3O2. The minimum atomic E-state index is -0.287. The summed E-state index contributed by atoms with van der Waals surface area (Å²) >= 11 is 0. The predicted molar refractivity (Wildman–Crippen MR) is 81.0 cm³/mol. The van der Waals surface area contributed by atoms with Gasteiger partial charge in [0.05, 0.1) is 11.3 Å². The number of anilines is 1. The van der Waals surface area contributed by atoms with Gasteiger partial charge in [-0.05, 0) is 25.5 Å². The first kappa shape index (κ1) is 16.0. The Morgan fingerprint density at radius 1 is 1.25 bits per heavy atom. The van der Waals surface area contributed by atoms with E-state index in [0.717, 1.165) is 12.8 Å². The van der Waals surface area contributed by atoms with Gasteiger partial charge in [0.25, 0.3) is 5.91 Å². The maximum absolute atomic E-state index is 12.0. The molecular weight excluding hydrogens is 254 g/mol. The van der Waals surface area contributed by atoms with Gasteiger partial charge in [0.15, 0.2) is 0 Å². The molecule has 0 radical (unpaired) electrons. The molecule has 20 heavy (non-hydrogen) atoms. The monoisotopic (exact) mass is 277 g/mol. The van der Waals surface area contributed by atoms with Crippen molar-refractivity contribution >= 4 is 17.6 Å². The van der Waals surface area contributed by atoms with Crippen LogP contribution in [-0.4, -0.2) is 37.0 Å². The van der Waals surface area contributed by atoms with Gasteiger partial charge >= 0.3 is 6.03 Å². The van der Waals surface area contributed by atoms with Crippen molar-refractivity contribution < 1.29 is 9.59 Å². The molecule has 1 rings (SSSR count). The molecule has 0 fully saturated rings. The smallest absolute Gasteiger partial charge is 0.319 e. The zero-order valence-electron chi connectivity index (χ0n) is 12.6. The lowest BCUT2D eigenvalue weighted by atomic mass is 10.1. The van der Waals surface area contributed by atoms with Crippen LogP contribution in [0.25, 0.3) is 0 Å². The molecule has 1 atom stereocenters. The minimum absolute atomic E-state index is 0.108. The summed E-state index contributed by atoms with van der Waals surface area (Å²) in [5.41, 5.74) is 1.00. The van der Waals surface area contributed by atoms with Crippen LogP contribution in [0.4, 0.5) is 10.5 Å². The van der Waals surface area contributed by atoms with E-state index in [1.165, 1.54) is 4.90 Å². The van der Waals surface area contributed by atoms with Crippen molar-refractivity contribution in [3.63, 3.8) is 0 Å². The first-order valence-electron chi connectivity index (χ1n) is 6.84. The highest BCUT2D eigenvalue weighted by Crippen LogP contribution is 2.16. The summed E-state index contributed by atoms with van der Waals surface area (Å²) in [4.78, 5) is 25.4. The number of benzene rings is 1. The number of nitrogens with zero attached hydrogens (tertiary/aromatic N) is 1. The Kier molecular flexibility index (Phi) is 6.03. The summed E-state index contributed by atoms with van der Waals surface area (Å²) in [5, 5.41) is 5.59. The quantitative estimate of drug-likeness (QED) is 0.869. The van der Waals surface area contributed by atoms with Crippen LogP contribution in [0.2, 0.25) is 0 Å². The Bertz CT molecular complexity index is 472. The van der Waals surface area contributed by atoms with Gasteiger partial charge in [-0.3, -0.25) is 4.79 Å². The Labute approximate surface area is 120 Å². The molecule has 1 aromatic carbocycles. The number of para-hydroxylation sites is 1. The highest BCUT2D eigenvalue weighted by molar-refractivity contribution is 6.03. The van der Waals surface area contributed by atoms with Gasteiger partial charge in [-0.25, -0.2) is 4.79 Å². The summed E-state index contributed by atoms with van der Waals surface area (Å²) in [6.45, 7) is 4.03. The van der Waals surface area contributed by atoms with Gasteiger partial charge in [-0.15, -0.1) is 0 Å². The van der Waals surface area contributed by atoms with Crippen molar-refractivity contribution in [1.82, 2.24) is 10.2 Å². The molecule has 0 aliphatic rings. The van der Waals surface area contributed by atoms with Crippen LogP contribution in [0, 0.1) is 0 Å². The second-order valence-electron chi connectivity index (χ2n) is 5.03. The van der Waals surface area contributed by atoms with Crippen LogP contribution in [0.5, 0.6) is 0 Å². The summed E-state index contributed by atoms with van der Waals surface area (Å²) in [5.74, 6) is -0.137. The lowest BCUT2D eigenvalue weighted by molar-refractivity contribution is 0.0828. The summed E-state index contributed by atoms with van der Waals surface area (Å²) < 4.78 is 0. The number of hydrogen-bond acceptors (Lipinski definition) is 2. The molecule has 5 heteroatoms. The van der Waals surface area contributed by atoms with E-state index in [9.17, 15) is 9.59 Å². The van der Waals surface area contributed by atoms with E-state index < -0.39 is 0 Å². The molecule has 0 aliphatic heterocycles. The van der Waals surface area contributed by atoms with Gasteiger partial charge in [-0.2, -0.15) is 0 Å². The van der Waals surface area contributed by atoms with Crippen LogP contribution >= 0.6 is 0 Å². The maximum Gasteiger partial charge on any atom is 0.319 e. The van der Waals surface area contributed by atoms with Gasteiger partial charge in [0.2, 0.25) is 0 Å². The molecule has 5 nitrogen and oxygen atoms in total. The first-order chi connectivity index (χ1) is 9.45. The average molecular weight is 277 g/mol. The van der Waals surface area contributed by atoms with Gasteiger partial charge in [0.1, 0.15) is 0 Å². The third-order valence-corrected chi connectivity index (χ3v) is 2.91. The molecule has 0 saturated heterocycles. The molecule has 0 bridgehead atoms. The second-order valence-corrected chi connectivity index (χ2v) is 5.03. The zero-order chi connectivity index (χ0) is 15.1. The van der Waals surface area contributed by atoms with Gasteiger partial charge in [-0.1, -0.05) is 25.5 Å². The number of carbonyl (C=O) groups excluding carboxylic acids is 2. The molecule has 3 amide bonds. The van der Waals surface area contributed by atoms with Crippen LogP contribution in [0.3, 0.4) is 0 Å². The van der Waals surface area contributed by atoms with E-state index in [2.05, 4.69) is 17.6 Å². The number of nitrogens with one attached hydrogen (secondary N) is 2. The minimum Gasteiger partial charge on any atom is -0.345 e. The molecule has 0 spiro atoms. The number of hydrogen-bond donors (Lipinski definition) is 2. The van der Waals surface area contributed by atoms with Crippen LogP contribution < -0.4 is 10.6 Å². The largest absolute Gasteiger partial charge is 0.345 e. The van der Waals surface area contributed by atoms with Gasteiger partial charge < -0.3 is 15.5 Å². The molecule has 2 N–H and O–H groups in total. The van der Waals surface area contributed by atoms with E-state index in [-0.39, 0.29) is 18.0 Å². The van der Waals surface area contributed by atoms with Crippen LogP contribution in [0.1, 0.15) is 37.0 Å². The fourth-order valence-electron chi connectivity index (χ4n) is 1.91. The Morgan fingerprint density at radius 2 is 1.90 bits per heavy atom. The van der Waals surface area contributed by atoms with Crippen molar-refractivity contribution in [2.24, 2.45) is 0 Å². The van der Waals surface area contributed by atoms with Crippen molar-refractivity contribution in [3.8, 4) is 0 Å². The molecule has 0 aliphatic carbocycles. The third kappa shape index (κ3) is 4.57. The van der Waals surface area contributed by atoms with Crippen molar-refractivity contribution in [2.75, 3.05) is 19.4 Å². The first-order valence-corrected chi connectivity index (χ1v) is 6.84. The summed E-state index contributed by atoms with van der Waals surface area (Å²) in [6, 6.07) is 6.81. The SMILES string of the molecule is CCC[C@@H](C)NC(=O)Nc1ccccc1C(=O)N(C)C. The van der Waals surface area contributed by atoms with E-state index in [1.807, 2.05) is 6.92 Å². The maximum atomic E-state index is 12.0. The zero-order valence-corrected chi connectivity index (χ0v) is 12.6. The fourth-order valence-corrected chi connectivity index (χ4v) is 1.91. The number of urea groups is 1. The van der Waals surface area contributed by atoms with E-state index in [4.69, 9.17) is 0 Å². The van der Waals surface area contributed by atoms with Crippen molar-refractivity contribution in [2.45, 2.75) is 32.7 Å². The standard InChI is InChI=1S/C15H23N3O2/c1-5-8-11(2)16-15(20)17-13-10-7-6-9-12(13)14(19)18(3)4/h6-7,9-11H,5,8H2,1-4H3,(H2,16,17,20)/t11-/m1/s1. The Morgan fingerprint density at radius 3 is 2.50 bits per heavy atom. The van der Waals surface area contributed by atoms with E-state index in [1.54, 1.807) is 38.4 Å². The summed E-state index contributed by atoms with van der Waals surface area (Å²) in [7, 11) is 3.37. The second kappa shape index (κ2) is 7.53. The van der Waals surface area contributed by atoms with Crippen molar-refractivity contribution in [1.29, 1.82) is 0 Å².